The number of halogens is 2. The van der Waals surface area contributed by atoms with E-state index in [1.54, 1.807) is 43.9 Å². The van der Waals surface area contributed by atoms with E-state index in [4.69, 9.17) is 129 Å². The summed E-state index contributed by atoms with van der Waals surface area (Å²) in [6.45, 7) is 29.3. The lowest BCUT2D eigenvalue weighted by atomic mass is 9.99. The van der Waals surface area contributed by atoms with Gasteiger partial charge in [-0.1, -0.05) is 23.2 Å². The van der Waals surface area contributed by atoms with E-state index < -0.39 is 202 Å². The van der Waals surface area contributed by atoms with Crippen LogP contribution in [-0.2, 0) is 94.7 Å². The van der Waals surface area contributed by atoms with Crippen molar-refractivity contribution >= 4 is 79.0 Å². The van der Waals surface area contributed by atoms with Gasteiger partial charge in [0.25, 0.3) is 0 Å². The molecule has 8 aromatic heterocycles. The average molecular weight is 2020 g/mol. The number of hydrogen-bond donors (Lipinski definition) is 18. The van der Waals surface area contributed by atoms with Crippen LogP contribution in [0.4, 0.5) is 11.6 Å². The molecule has 20 N–H and O–H groups in total. The Hall–Kier alpha value is -6.78. The highest BCUT2D eigenvalue weighted by Crippen LogP contribution is 2.51. The molecule has 36 atom stereocenters. The summed E-state index contributed by atoms with van der Waals surface area (Å²) in [6, 6.07) is 0. The van der Waals surface area contributed by atoms with Gasteiger partial charge >= 0.3 is 0 Å². The number of nitrogens with zero attached hydrogens (tertiary/aromatic N) is 12. The minimum atomic E-state index is -1.68. The molecule has 0 bridgehead atoms. The lowest BCUT2D eigenvalue weighted by Crippen LogP contribution is -2.56. The van der Waals surface area contributed by atoms with Gasteiger partial charge in [0.2, 0.25) is 0 Å². The number of ether oxygens (including phenoxy) is 20. The van der Waals surface area contributed by atoms with Crippen molar-refractivity contribution in [3.05, 3.63) is 82.7 Å². The number of fused-ring (bicyclic) bond motifs is 17. The van der Waals surface area contributed by atoms with Gasteiger partial charge in [-0.3, -0.25) is 0 Å². The first-order valence-corrected chi connectivity index (χ1v) is 46.6. The molecule has 14 saturated heterocycles. The van der Waals surface area contributed by atoms with E-state index in [1.165, 1.54) is 39.0 Å². The van der Waals surface area contributed by atoms with Gasteiger partial charge in [-0.05, 0) is 133 Å². The second-order valence-corrected chi connectivity index (χ2v) is 40.3. The number of aliphatic hydroxyl groups is 16. The van der Waals surface area contributed by atoms with Gasteiger partial charge in [0.15, 0.2) is 72.2 Å². The highest BCUT2D eigenvalue weighted by atomic mass is 35.5. The molecule has 14 aliphatic heterocycles. The van der Waals surface area contributed by atoms with Crippen molar-refractivity contribution < 1.29 is 176 Å². The van der Waals surface area contributed by atoms with E-state index >= 15 is 0 Å². The third kappa shape index (κ3) is 20.4. The highest BCUT2D eigenvalue weighted by molar-refractivity contribution is 6.34. The molecule has 14 aliphatic rings. The molecule has 776 valence electrons. The quantitative estimate of drug-likeness (QED) is 0.0602. The number of hydrogen-bond acceptors (Lipinski definition) is 46. The molecule has 140 heavy (non-hydrogen) atoms. The number of aromatic nitrogens is 12. The normalized spacial score (nSPS) is 40.3. The number of nitrogens with two attached hydrogens (primary N) is 2. The minimum Gasteiger partial charge on any atom is -0.394 e. The van der Waals surface area contributed by atoms with Gasteiger partial charge in [-0.25, -0.2) is 39.9 Å². The number of aliphatic hydroxyl groups excluding tert-OH is 16. The van der Waals surface area contributed by atoms with Crippen LogP contribution < -0.4 is 11.5 Å². The number of rotatable bonds is 7. The zero-order chi connectivity index (χ0) is 101. The van der Waals surface area contributed by atoms with Crippen molar-refractivity contribution in [3.8, 4) is 0 Å². The summed E-state index contributed by atoms with van der Waals surface area (Å²) in [5.41, 5.74) is 16.4. The lowest BCUT2D eigenvalue weighted by molar-refractivity contribution is -0.332. The zero-order valence-electron chi connectivity index (χ0n) is 79.2. The van der Waals surface area contributed by atoms with Crippen LogP contribution in [-0.4, -0.2) is 410 Å². The summed E-state index contributed by atoms with van der Waals surface area (Å²) in [6.07, 6.45) is -20.7. The van der Waals surface area contributed by atoms with Crippen LogP contribution in [0.5, 0.6) is 0 Å². The van der Waals surface area contributed by atoms with E-state index in [0.717, 1.165) is 16.7 Å². The molecular formula is C88H124Cl2N14O36. The third-order valence-electron chi connectivity index (χ3n) is 26.7. The first kappa shape index (κ1) is 105. The predicted molar refractivity (Wildman–Crippen MR) is 476 cm³/mol. The van der Waals surface area contributed by atoms with Crippen LogP contribution in [0.2, 0.25) is 10.3 Å². The molecule has 22 heterocycles. The van der Waals surface area contributed by atoms with Gasteiger partial charge in [0.1, 0.15) is 253 Å². The molecule has 0 radical (unpaired) electrons. The minimum absolute atomic E-state index is 0.0518. The molecule has 13 unspecified atom stereocenters. The van der Waals surface area contributed by atoms with Crippen LogP contribution in [0, 0.1) is 27.7 Å². The molecule has 52 heteroatoms. The predicted octanol–water partition coefficient (Wildman–Crippen LogP) is -2.08. The molecule has 0 saturated carbocycles. The second-order valence-electron chi connectivity index (χ2n) is 39.6. The largest absolute Gasteiger partial charge is 0.394 e. The molecule has 22 rings (SSSR count). The van der Waals surface area contributed by atoms with Gasteiger partial charge in [-0.2, -0.15) is 0 Å². The Bertz CT molecular complexity index is 5330. The van der Waals surface area contributed by atoms with Gasteiger partial charge in [-0.15, -0.1) is 0 Å². The fourth-order valence-corrected chi connectivity index (χ4v) is 20.4. The summed E-state index contributed by atoms with van der Waals surface area (Å²) in [5.74, 6) is -3.64. The van der Waals surface area contributed by atoms with E-state index in [0.29, 0.717) is 74.7 Å². The maximum absolute atomic E-state index is 11.4. The van der Waals surface area contributed by atoms with Gasteiger partial charge in [0.05, 0.1) is 61.2 Å². The standard InChI is InChI=1S/C20H26ClN3O6.C14H18ClN3O6.2C14H20N4O6.2C13H20O6/c1-9-6-24(17-11(9)16(21)22-8-23-17)18-12(25)14-15(30-20(4,5)29-14)13-10(27-18)7-26-19(2,3)28-13;3*1-5-2-18(13-7(5)12(15)16-4-17-13)14-11(23)10(22)9(21)8(20)6(3-19)24-14;2*1-12(2)14-5-6-7(17-12)8-9(10-11(15-6)16-10)19-13(3,4)18-8/h6,8,10,12-15,18,25H,7H2,1-5H3;2,4,6,8-11,14,19-23H,3H2,1H3;2*2,4,6,8-11,14,19-23H,3H2,1H3,(H2,15,16,17);2*6-11H,5H2,1-4H3/t10?,12?,13-,14?,15+,18-;2*6?,8-,9+,10?,11?,14-;6-,8-,9-,10-,11-,14-;2*6?,7-,8+,9?,10-,11-/m111111/s1. The van der Waals surface area contributed by atoms with Crippen molar-refractivity contribution in [2.24, 2.45) is 0 Å². The van der Waals surface area contributed by atoms with Crippen LogP contribution in [0.15, 0.2) is 50.1 Å². The van der Waals surface area contributed by atoms with Crippen molar-refractivity contribution in [1.29, 1.82) is 0 Å². The van der Waals surface area contributed by atoms with E-state index in [1.807, 2.05) is 96.2 Å². The summed E-state index contributed by atoms with van der Waals surface area (Å²) < 4.78 is 124. The molecule has 0 spiro atoms. The molecule has 0 aliphatic carbocycles. The average Bonchev–Trinajstić information content (AvgIpc) is 1.47. The fraction of sp³-hybridized carbons (Fsp3) is 0.727. The number of anilines is 2. The SMILES string of the molecule is CC1(C)OCC2O[C@@H]3O[C@@H]3C3OC(C)(C)O[C@H]3[C@@H]2O1.CC1(C)OCC2O[C@@H]3O[C@@H]3C3OC(C)(C)O[C@H]3[C@@H]2O1.Cc1cn([C@@H]2OC(CO)[C@@H](O)[C@H](O)C(O)C2O)c2ncnc(Cl)c12.Cc1cn([C@@H]2OC(CO)[C@@H](O)[C@H](O)C(O)C2O)c2ncnc(N)c12.Cc1cn([C@@H]2OC3COC(C)(C)O[C@H]3[C@@H]3OC(C)(C)OC3C2O)c2ncnc(Cl)c12.Cc1cn([C@@H]2O[C@H](CO)[C@@H](O)[C@@H](O)[C@@H](O)[C@H]2O)c2ncnc(N)c12. The summed E-state index contributed by atoms with van der Waals surface area (Å²) in [5, 5.41) is 164. The van der Waals surface area contributed by atoms with Crippen LogP contribution >= 0.6 is 23.2 Å². The van der Waals surface area contributed by atoms with Crippen LogP contribution in [0.3, 0.4) is 0 Å². The molecule has 14 fully saturated rings. The Balaban J connectivity index is 0.000000117. The Kier molecular flexibility index (Phi) is 29.7. The van der Waals surface area contributed by atoms with Crippen LogP contribution in [0.25, 0.3) is 44.1 Å². The third-order valence-corrected chi connectivity index (χ3v) is 27.3. The Morgan fingerprint density at radius 3 is 0.836 bits per heavy atom. The second kappa shape index (κ2) is 39.8. The lowest BCUT2D eigenvalue weighted by Gasteiger charge is -2.42. The van der Waals surface area contributed by atoms with Gasteiger partial charge in [0, 0.05) is 24.8 Å². The summed E-state index contributed by atoms with van der Waals surface area (Å²) in [7, 11) is 0. The number of aryl methyl sites for hydroxylation is 4. The molecular weight excluding hydrogens is 1900 g/mol. The highest BCUT2D eigenvalue weighted by Gasteiger charge is 2.67. The Morgan fingerprint density at radius 2 is 0.529 bits per heavy atom. The topological polar surface area (TPSA) is 690 Å². The monoisotopic (exact) mass is 2020 g/mol. The fourth-order valence-electron chi connectivity index (χ4n) is 19.9. The van der Waals surface area contributed by atoms with E-state index in [-0.39, 0.29) is 90.4 Å². The van der Waals surface area contributed by atoms with E-state index in [9.17, 15) is 81.7 Å². The van der Waals surface area contributed by atoms with Crippen LogP contribution in [0.1, 0.15) is 130 Å². The summed E-state index contributed by atoms with van der Waals surface area (Å²) in [4.78, 5) is 32.6. The first-order chi connectivity index (χ1) is 65.8. The number of epoxide rings is 2. The molecule has 0 amide bonds. The summed E-state index contributed by atoms with van der Waals surface area (Å²) >= 11 is 12.4. The first-order valence-electron chi connectivity index (χ1n) is 45.9. The van der Waals surface area contributed by atoms with Crippen molar-refractivity contribution in [1.82, 2.24) is 58.1 Å². The van der Waals surface area contributed by atoms with Crippen molar-refractivity contribution in [3.63, 3.8) is 0 Å². The zero-order valence-corrected chi connectivity index (χ0v) is 80.8. The smallest absolute Gasteiger partial charge is 0.187 e. The van der Waals surface area contributed by atoms with Gasteiger partial charge < -0.3 is 206 Å². The number of nitrogen functional groups attached to an aromatic ring is 2. The Labute approximate surface area is 809 Å². The maximum atomic E-state index is 11.4. The Morgan fingerprint density at radius 1 is 0.286 bits per heavy atom. The van der Waals surface area contributed by atoms with E-state index in [2.05, 4.69) is 39.9 Å². The maximum Gasteiger partial charge on any atom is 0.187 e. The molecule has 8 aromatic rings. The molecule has 50 nitrogen and oxygen atoms in total. The molecule has 0 aromatic carbocycles. The van der Waals surface area contributed by atoms with Crippen molar-refractivity contribution in [2.75, 3.05) is 51.1 Å². The van der Waals surface area contributed by atoms with Crippen molar-refractivity contribution in [2.45, 2.75) is 366 Å².